The number of carbonyl (C=O) groups excluding carboxylic acids is 1. The highest BCUT2D eigenvalue weighted by atomic mass is 16.6. The van der Waals surface area contributed by atoms with Gasteiger partial charge in [-0.25, -0.2) is 0 Å². The number of ether oxygens (including phenoxy) is 3. The van der Waals surface area contributed by atoms with E-state index in [4.69, 9.17) is 14.2 Å². The van der Waals surface area contributed by atoms with Crippen LogP contribution in [0, 0.1) is 0 Å². The van der Waals surface area contributed by atoms with Gasteiger partial charge < -0.3 is 19.5 Å². The van der Waals surface area contributed by atoms with E-state index in [2.05, 4.69) is 12.2 Å². The summed E-state index contributed by atoms with van der Waals surface area (Å²) in [4.78, 5) is 12.1. The molecule has 1 aliphatic rings. The predicted molar refractivity (Wildman–Crippen MR) is 102 cm³/mol. The highest BCUT2D eigenvalue weighted by molar-refractivity contribution is 6.02. The van der Waals surface area contributed by atoms with Crippen molar-refractivity contribution in [2.24, 2.45) is 0 Å². The number of unbranched alkanes of at least 4 members (excludes halogenated alkanes) is 1. The summed E-state index contributed by atoms with van der Waals surface area (Å²) in [6, 6.07) is 13.0. The Labute approximate surface area is 153 Å². The largest absolute Gasteiger partial charge is 0.494 e. The van der Waals surface area contributed by atoms with E-state index in [0.29, 0.717) is 30.4 Å². The maximum atomic E-state index is 12.1. The Kier molecular flexibility index (Phi) is 6.14. The molecule has 0 unspecified atom stereocenters. The van der Waals surface area contributed by atoms with Crippen LogP contribution in [0.5, 0.6) is 17.2 Å². The second-order valence-electron chi connectivity index (χ2n) is 5.95. The number of anilines is 1. The number of carbonyl (C=O) groups is 1. The van der Waals surface area contributed by atoms with Crippen LogP contribution in [0.25, 0.3) is 6.08 Å². The second-order valence-corrected chi connectivity index (χ2v) is 5.95. The number of benzene rings is 2. The molecule has 0 aromatic heterocycles. The minimum atomic E-state index is -0.204. The van der Waals surface area contributed by atoms with Gasteiger partial charge in [0.25, 0.3) is 0 Å². The molecule has 3 rings (SSSR count). The molecular weight excluding hydrogens is 330 g/mol. The zero-order chi connectivity index (χ0) is 18.2. The van der Waals surface area contributed by atoms with E-state index >= 15 is 0 Å². The number of amides is 1. The van der Waals surface area contributed by atoms with Gasteiger partial charge in [0.2, 0.25) is 5.91 Å². The van der Waals surface area contributed by atoms with Crippen molar-refractivity contribution in [2.45, 2.75) is 19.8 Å². The van der Waals surface area contributed by atoms with Gasteiger partial charge >= 0.3 is 0 Å². The molecular formula is C21H23NO4. The molecule has 1 amide bonds. The zero-order valence-electron chi connectivity index (χ0n) is 14.9. The lowest BCUT2D eigenvalue weighted by Gasteiger charge is -2.18. The maximum absolute atomic E-state index is 12.1. The summed E-state index contributed by atoms with van der Waals surface area (Å²) in [5.74, 6) is 1.99. The lowest BCUT2D eigenvalue weighted by atomic mass is 10.2. The minimum Gasteiger partial charge on any atom is -0.494 e. The van der Waals surface area contributed by atoms with Gasteiger partial charge in [-0.05, 0) is 42.3 Å². The topological polar surface area (TPSA) is 56.8 Å². The van der Waals surface area contributed by atoms with Crippen molar-refractivity contribution < 1.29 is 19.0 Å². The second kappa shape index (κ2) is 8.94. The Hall–Kier alpha value is -2.95. The predicted octanol–water partition coefficient (Wildman–Crippen LogP) is 4.29. The van der Waals surface area contributed by atoms with Crippen molar-refractivity contribution in [1.82, 2.24) is 0 Å². The summed E-state index contributed by atoms with van der Waals surface area (Å²) in [6.45, 7) is 3.92. The van der Waals surface area contributed by atoms with Crippen molar-refractivity contribution in [3.05, 3.63) is 54.1 Å². The van der Waals surface area contributed by atoms with Crippen molar-refractivity contribution in [1.29, 1.82) is 0 Å². The molecule has 1 heterocycles. The number of hydrogen-bond donors (Lipinski definition) is 1. The first-order chi connectivity index (χ1) is 12.7. The Morgan fingerprint density at radius 2 is 1.88 bits per heavy atom. The van der Waals surface area contributed by atoms with Gasteiger partial charge in [-0.3, -0.25) is 4.79 Å². The average Bonchev–Trinajstić information content (AvgIpc) is 2.67. The van der Waals surface area contributed by atoms with E-state index in [1.54, 1.807) is 24.3 Å². The van der Waals surface area contributed by atoms with Crippen LogP contribution in [-0.2, 0) is 4.79 Å². The molecule has 2 aromatic rings. The van der Waals surface area contributed by atoms with Gasteiger partial charge in [-0.2, -0.15) is 0 Å². The molecule has 0 aliphatic carbocycles. The highest BCUT2D eigenvalue weighted by Gasteiger charge is 2.12. The summed E-state index contributed by atoms with van der Waals surface area (Å²) in [6.07, 6.45) is 5.42. The summed E-state index contributed by atoms with van der Waals surface area (Å²) in [5.41, 5.74) is 1.61. The van der Waals surface area contributed by atoms with Gasteiger partial charge in [-0.1, -0.05) is 25.5 Å². The molecule has 0 atom stereocenters. The summed E-state index contributed by atoms with van der Waals surface area (Å²) in [5, 5.41) is 2.82. The number of nitrogens with one attached hydrogen (secondary N) is 1. The fourth-order valence-electron chi connectivity index (χ4n) is 2.49. The molecule has 5 nitrogen and oxygen atoms in total. The highest BCUT2D eigenvalue weighted by Crippen LogP contribution is 2.32. The van der Waals surface area contributed by atoms with Crippen molar-refractivity contribution in [3.8, 4) is 17.2 Å². The van der Waals surface area contributed by atoms with Crippen LogP contribution in [0.4, 0.5) is 5.69 Å². The molecule has 0 bridgehead atoms. The average molecular weight is 353 g/mol. The van der Waals surface area contributed by atoms with Crippen molar-refractivity contribution in [2.75, 3.05) is 25.1 Å². The third-order valence-electron chi connectivity index (χ3n) is 3.88. The van der Waals surface area contributed by atoms with Crippen LogP contribution < -0.4 is 19.5 Å². The van der Waals surface area contributed by atoms with Crippen LogP contribution >= 0.6 is 0 Å². The smallest absolute Gasteiger partial charge is 0.248 e. The molecule has 26 heavy (non-hydrogen) atoms. The Morgan fingerprint density at radius 3 is 2.65 bits per heavy atom. The third kappa shape index (κ3) is 5.02. The van der Waals surface area contributed by atoms with Crippen LogP contribution in [-0.4, -0.2) is 25.7 Å². The fraction of sp³-hybridized carbons (Fsp3) is 0.286. The summed E-state index contributed by atoms with van der Waals surface area (Å²) in [7, 11) is 0. The van der Waals surface area contributed by atoms with Crippen molar-refractivity contribution in [3.63, 3.8) is 0 Å². The Bertz CT molecular complexity index is 768. The molecule has 1 aliphatic heterocycles. The van der Waals surface area contributed by atoms with E-state index in [1.807, 2.05) is 24.3 Å². The fourth-order valence-corrected chi connectivity index (χ4v) is 2.49. The molecule has 0 saturated heterocycles. The molecule has 136 valence electrons. The molecule has 1 N–H and O–H groups in total. The van der Waals surface area contributed by atoms with Crippen molar-refractivity contribution >= 4 is 17.7 Å². The van der Waals surface area contributed by atoms with Crippen LogP contribution in [0.15, 0.2) is 48.5 Å². The lowest BCUT2D eigenvalue weighted by molar-refractivity contribution is -0.111. The maximum Gasteiger partial charge on any atom is 0.248 e. The van der Waals surface area contributed by atoms with Gasteiger partial charge in [-0.15, -0.1) is 0 Å². The van der Waals surface area contributed by atoms with E-state index < -0.39 is 0 Å². The Morgan fingerprint density at radius 1 is 1.12 bits per heavy atom. The van der Waals surface area contributed by atoms with E-state index in [0.717, 1.165) is 30.8 Å². The quantitative estimate of drug-likeness (QED) is 0.596. The molecule has 5 heteroatoms. The third-order valence-corrected chi connectivity index (χ3v) is 3.88. The van der Waals surface area contributed by atoms with E-state index in [-0.39, 0.29) is 5.91 Å². The molecule has 0 fully saturated rings. The van der Waals surface area contributed by atoms with E-state index in [1.165, 1.54) is 6.08 Å². The van der Waals surface area contributed by atoms with Gasteiger partial charge in [0.1, 0.15) is 19.0 Å². The van der Waals surface area contributed by atoms with Gasteiger partial charge in [0.05, 0.1) is 6.61 Å². The minimum absolute atomic E-state index is 0.204. The molecule has 0 saturated carbocycles. The van der Waals surface area contributed by atoms with Gasteiger partial charge in [0, 0.05) is 17.8 Å². The standard InChI is InChI=1S/C21H23NO4/c1-2-3-12-24-18-8-4-16(5-9-18)6-11-21(23)22-17-7-10-19-20(15-17)26-14-13-25-19/h4-11,15H,2-3,12-14H2,1H3,(H,22,23). The van der Waals surface area contributed by atoms with Gasteiger partial charge in [0.15, 0.2) is 11.5 Å². The van der Waals surface area contributed by atoms with Crippen LogP contribution in [0.1, 0.15) is 25.3 Å². The molecule has 0 spiro atoms. The first kappa shape index (κ1) is 17.9. The lowest BCUT2D eigenvalue weighted by Crippen LogP contribution is -2.16. The Balaban J connectivity index is 1.54. The van der Waals surface area contributed by atoms with E-state index in [9.17, 15) is 4.79 Å². The first-order valence-electron chi connectivity index (χ1n) is 8.86. The number of rotatable bonds is 7. The van der Waals surface area contributed by atoms with Crippen LogP contribution in [0.2, 0.25) is 0 Å². The SMILES string of the molecule is CCCCOc1ccc(C=CC(=O)Nc2ccc3c(c2)OCCO3)cc1. The normalized spacial score (nSPS) is 12.8. The monoisotopic (exact) mass is 353 g/mol. The summed E-state index contributed by atoms with van der Waals surface area (Å²) >= 11 is 0. The molecule has 0 radical (unpaired) electrons. The number of hydrogen-bond acceptors (Lipinski definition) is 4. The summed E-state index contributed by atoms with van der Waals surface area (Å²) < 4.78 is 16.6. The molecule has 2 aromatic carbocycles. The first-order valence-corrected chi connectivity index (χ1v) is 8.86. The van der Waals surface area contributed by atoms with Crippen LogP contribution in [0.3, 0.4) is 0 Å². The number of fused-ring (bicyclic) bond motifs is 1. The zero-order valence-corrected chi connectivity index (χ0v) is 14.9.